The van der Waals surface area contributed by atoms with Crippen LogP contribution in [0.15, 0.2) is 58.2 Å². The summed E-state index contributed by atoms with van der Waals surface area (Å²) >= 11 is 3.31. The summed E-state index contributed by atoms with van der Waals surface area (Å²) in [6.45, 7) is 0.0343. The van der Waals surface area contributed by atoms with Crippen LogP contribution in [0.1, 0.15) is 5.56 Å². The highest BCUT2D eigenvalue weighted by Crippen LogP contribution is 2.27. The number of rotatable bonds is 7. The normalized spacial score (nSPS) is 11.4. The third kappa shape index (κ3) is 4.29. The highest BCUT2D eigenvalue weighted by Gasteiger charge is 2.21. The van der Waals surface area contributed by atoms with Gasteiger partial charge in [-0.25, -0.2) is 17.8 Å². The van der Waals surface area contributed by atoms with Crippen LogP contribution in [-0.4, -0.2) is 32.4 Å². The Labute approximate surface area is 171 Å². The molecule has 0 radical (unpaired) electrons. The molecule has 3 N–H and O–H groups in total. The van der Waals surface area contributed by atoms with Crippen LogP contribution in [0.25, 0.3) is 5.69 Å². The van der Waals surface area contributed by atoms with Gasteiger partial charge in [-0.15, -0.1) is 0 Å². The molecule has 10 heteroatoms. The molecule has 2 aromatic carbocycles. The van der Waals surface area contributed by atoms with E-state index in [4.69, 9.17) is 15.2 Å². The molecule has 0 aliphatic rings. The highest BCUT2D eigenvalue weighted by molar-refractivity contribution is 9.10. The van der Waals surface area contributed by atoms with Crippen LogP contribution in [-0.2, 0) is 16.6 Å². The minimum Gasteiger partial charge on any atom is -0.497 e. The van der Waals surface area contributed by atoms with Crippen molar-refractivity contribution in [1.29, 1.82) is 0 Å². The molecule has 148 valence electrons. The van der Waals surface area contributed by atoms with Crippen molar-refractivity contribution >= 4 is 31.6 Å². The number of anilines is 1. The lowest BCUT2D eigenvalue weighted by atomic mass is 10.2. The van der Waals surface area contributed by atoms with Crippen LogP contribution < -0.4 is 19.9 Å². The molecule has 0 saturated heterocycles. The number of halogens is 1. The van der Waals surface area contributed by atoms with Crippen LogP contribution >= 0.6 is 15.9 Å². The highest BCUT2D eigenvalue weighted by atomic mass is 79.9. The van der Waals surface area contributed by atoms with E-state index in [1.54, 1.807) is 49.8 Å². The fourth-order valence-electron chi connectivity index (χ4n) is 2.62. The first-order valence-corrected chi connectivity index (χ1v) is 10.4. The Bertz CT molecular complexity index is 1100. The molecule has 0 aliphatic carbocycles. The van der Waals surface area contributed by atoms with Gasteiger partial charge in [-0.05, 0) is 40.2 Å². The lowest BCUT2D eigenvalue weighted by Crippen LogP contribution is -2.25. The van der Waals surface area contributed by atoms with Crippen LogP contribution in [0.4, 0.5) is 5.69 Å². The smallest absolute Gasteiger partial charge is 0.243 e. The van der Waals surface area contributed by atoms with Crippen LogP contribution in [0.3, 0.4) is 0 Å². The van der Waals surface area contributed by atoms with Gasteiger partial charge in [0.15, 0.2) is 0 Å². The van der Waals surface area contributed by atoms with Crippen molar-refractivity contribution in [2.45, 2.75) is 11.4 Å². The predicted molar refractivity (Wildman–Crippen MR) is 109 cm³/mol. The lowest BCUT2D eigenvalue weighted by molar-refractivity contribution is 0.390. The summed E-state index contributed by atoms with van der Waals surface area (Å²) < 4.78 is 41.3. The van der Waals surface area contributed by atoms with Gasteiger partial charge in [0.2, 0.25) is 10.0 Å². The van der Waals surface area contributed by atoms with E-state index in [-0.39, 0.29) is 11.4 Å². The van der Waals surface area contributed by atoms with Crippen LogP contribution in [0.5, 0.6) is 11.5 Å². The second kappa shape index (κ2) is 8.21. The Morgan fingerprint density at radius 1 is 1.18 bits per heavy atom. The summed E-state index contributed by atoms with van der Waals surface area (Å²) in [5, 5.41) is 4.16. The van der Waals surface area contributed by atoms with Crippen molar-refractivity contribution in [2.75, 3.05) is 20.0 Å². The van der Waals surface area contributed by atoms with Crippen molar-refractivity contribution in [3.05, 3.63) is 58.8 Å². The molecule has 0 aliphatic heterocycles. The Morgan fingerprint density at radius 2 is 1.96 bits per heavy atom. The van der Waals surface area contributed by atoms with E-state index in [9.17, 15) is 8.42 Å². The topological polar surface area (TPSA) is 108 Å². The SMILES string of the molecule is COc1ccc(CNS(=O)(=O)c2cc(N)ccc2-n2cc(Br)cn2)c(OC)c1. The van der Waals surface area contributed by atoms with Gasteiger partial charge in [-0.3, -0.25) is 0 Å². The predicted octanol–water partition coefficient (Wildman–Crippen LogP) is 2.71. The zero-order valence-corrected chi connectivity index (χ0v) is 17.6. The van der Waals surface area contributed by atoms with Crippen molar-refractivity contribution < 1.29 is 17.9 Å². The van der Waals surface area contributed by atoms with Gasteiger partial charge in [0.1, 0.15) is 16.4 Å². The number of hydrogen-bond donors (Lipinski definition) is 2. The first-order valence-electron chi connectivity index (χ1n) is 8.14. The maximum Gasteiger partial charge on any atom is 0.243 e. The lowest BCUT2D eigenvalue weighted by Gasteiger charge is -2.14. The van der Waals surface area contributed by atoms with E-state index >= 15 is 0 Å². The molecule has 8 nitrogen and oxygen atoms in total. The molecule has 1 aromatic heterocycles. The molecule has 0 bridgehead atoms. The van der Waals surface area contributed by atoms with E-state index in [0.717, 1.165) is 4.47 Å². The van der Waals surface area contributed by atoms with E-state index in [0.29, 0.717) is 28.4 Å². The largest absolute Gasteiger partial charge is 0.497 e. The third-order valence-electron chi connectivity index (χ3n) is 4.02. The fourth-order valence-corrected chi connectivity index (χ4v) is 4.13. The molecule has 0 amide bonds. The van der Waals surface area contributed by atoms with Crippen molar-refractivity contribution in [2.24, 2.45) is 0 Å². The average Bonchev–Trinajstić information content (AvgIpc) is 3.12. The monoisotopic (exact) mass is 466 g/mol. The minimum atomic E-state index is -3.88. The Balaban J connectivity index is 1.93. The number of nitrogens with two attached hydrogens (primary N) is 1. The summed E-state index contributed by atoms with van der Waals surface area (Å²) in [4.78, 5) is 0.0237. The van der Waals surface area contributed by atoms with Gasteiger partial charge in [0.05, 0.1) is 30.6 Å². The molecule has 0 spiro atoms. The van der Waals surface area contributed by atoms with Gasteiger partial charge < -0.3 is 15.2 Å². The van der Waals surface area contributed by atoms with Crippen molar-refractivity contribution in [3.8, 4) is 17.2 Å². The van der Waals surface area contributed by atoms with Crippen molar-refractivity contribution in [1.82, 2.24) is 14.5 Å². The fraction of sp³-hybridized carbons (Fsp3) is 0.167. The maximum atomic E-state index is 13.0. The summed E-state index contributed by atoms with van der Waals surface area (Å²) in [5.41, 5.74) is 7.21. The quantitative estimate of drug-likeness (QED) is 0.518. The average molecular weight is 467 g/mol. The number of nitrogens with one attached hydrogen (secondary N) is 1. The molecule has 1 heterocycles. The first-order chi connectivity index (χ1) is 13.3. The Kier molecular flexibility index (Phi) is 5.92. The minimum absolute atomic E-state index is 0.0237. The van der Waals surface area contributed by atoms with Gasteiger partial charge >= 0.3 is 0 Å². The molecular formula is C18H19BrN4O4S. The zero-order valence-electron chi connectivity index (χ0n) is 15.2. The molecular weight excluding hydrogens is 448 g/mol. The van der Waals surface area contributed by atoms with Gasteiger partial charge in [-0.1, -0.05) is 6.07 Å². The summed E-state index contributed by atoms with van der Waals surface area (Å²) in [6, 6.07) is 9.80. The Morgan fingerprint density at radius 3 is 2.61 bits per heavy atom. The molecule has 3 aromatic rings. The number of methoxy groups -OCH3 is 2. The number of nitrogens with zero attached hydrogens (tertiary/aromatic N) is 2. The van der Waals surface area contributed by atoms with Crippen LogP contribution in [0, 0.1) is 0 Å². The maximum absolute atomic E-state index is 13.0. The van der Waals surface area contributed by atoms with Gasteiger partial charge in [0, 0.05) is 30.1 Å². The number of benzene rings is 2. The van der Waals surface area contributed by atoms with Crippen LogP contribution in [0.2, 0.25) is 0 Å². The van der Waals surface area contributed by atoms with Gasteiger partial charge in [0.25, 0.3) is 0 Å². The molecule has 0 unspecified atom stereocenters. The van der Waals surface area contributed by atoms with Gasteiger partial charge in [-0.2, -0.15) is 5.10 Å². The number of ether oxygens (including phenoxy) is 2. The summed E-state index contributed by atoms with van der Waals surface area (Å²) in [6.07, 6.45) is 3.24. The molecule has 28 heavy (non-hydrogen) atoms. The molecule has 0 atom stereocenters. The molecule has 0 fully saturated rings. The first kappa shape index (κ1) is 20.2. The standard InChI is InChI=1S/C18H19BrN4O4S/c1-26-15-5-3-12(17(8-15)27-2)9-22-28(24,25)18-7-14(20)4-6-16(18)23-11-13(19)10-21-23/h3-8,10-11,22H,9,20H2,1-2H3. The summed E-state index contributed by atoms with van der Waals surface area (Å²) in [7, 11) is -0.824. The number of aromatic nitrogens is 2. The number of nitrogen functional groups attached to an aromatic ring is 1. The zero-order chi connectivity index (χ0) is 20.3. The van der Waals surface area contributed by atoms with E-state index in [1.807, 2.05) is 0 Å². The second-order valence-corrected chi connectivity index (χ2v) is 8.48. The van der Waals surface area contributed by atoms with E-state index in [2.05, 4.69) is 25.8 Å². The van der Waals surface area contributed by atoms with Crippen molar-refractivity contribution in [3.63, 3.8) is 0 Å². The summed E-state index contributed by atoms with van der Waals surface area (Å²) in [5.74, 6) is 1.14. The third-order valence-corrected chi connectivity index (χ3v) is 5.86. The van der Waals surface area contributed by atoms with E-state index in [1.165, 1.54) is 17.9 Å². The molecule has 3 rings (SSSR count). The second-order valence-electron chi connectivity index (χ2n) is 5.83. The molecule has 0 saturated carbocycles. The van der Waals surface area contributed by atoms with E-state index < -0.39 is 10.0 Å². The number of hydrogen-bond acceptors (Lipinski definition) is 6. The Hall–Kier alpha value is -2.56. The number of sulfonamides is 1.